The van der Waals surface area contributed by atoms with Crippen LogP contribution in [0.1, 0.15) is 25.7 Å². The quantitative estimate of drug-likeness (QED) is 0.498. The van der Waals surface area contributed by atoms with Gasteiger partial charge in [-0.3, -0.25) is 9.59 Å². The number of primary amides is 1. The first-order chi connectivity index (χ1) is 7.93. The molecule has 1 aliphatic carbocycles. The van der Waals surface area contributed by atoms with Crippen LogP contribution in [0.2, 0.25) is 0 Å². The average Bonchev–Trinajstić information content (AvgIpc) is 2.18. The highest BCUT2D eigenvalue weighted by Crippen LogP contribution is 2.43. The summed E-state index contributed by atoms with van der Waals surface area (Å²) in [7, 11) is 0. The molecule has 0 aromatic carbocycles. The predicted octanol–water partition coefficient (Wildman–Crippen LogP) is -0.584. The third-order valence-electron chi connectivity index (χ3n) is 2.99. The Kier molecular flexibility index (Phi) is 4.30. The van der Waals surface area contributed by atoms with Crippen LogP contribution in [0, 0.1) is 5.41 Å². The number of carboxylic acid groups (broad SMARTS) is 1. The van der Waals surface area contributed by atoms with Crippen LogP contribution >= 0.6 is 0 Å². The van der Waals surface area contributed by atoms with Crippen molar-refractivity contribution in [3.05, 3.63) is 0 Å². The van der Waals surface area contributed by atoms with Crippen LogP contribution in [-0.4, -0.2) is 36.1 Å². The van der Waals surface area contributed by atoms with E-state index in [4.69, 9.17) is 10.8 Å². The molecule has 17 heavy (non-hydrogen) atoms. The van der Waals surface area contributed by atoms with Gasteiger partial charge in [0.15, 0.2) is 0 Å². The van der Waals surface area contributed by atoms with Gasteiger partial charge in [-0.05, 0) is 18.3 Å². The molecule has 1 saturated carbocycles. The molecule has 0 saturated heterocycles. The maximum atomic E-state index is 11.2. The van der Waals surface area contributed by atoms with Crippen molar-refractivity contribution in [2.24, 2.45) is 11.1 Å². The predicted molar refractivity (Wildman–Crippen MR) is 59.1 cm³/mol. The van der Waals surface area contributed by atoms with Crippen molar-refractivity contribution >= 4 is 17.9 Å². The van der Waals surface area contributed by atoms with Crippen molar-refractivity contribution in [3.8, 4) is 0 Å². The van der Waals surface area contributed by atoms with Gasteiger partial charge >= 0.3 is 12.0 Å². The van der Waals surface area contributed by atoms with E-state index in [1.807, 2.05) is 0 Å². The number of aliphatic carboxylic acids is 1. The highest BCUT2D eigenvalue weighted by atomic mass is 16.4. The number of carbonyl (C=O) groups is 3. The molecule has 3 amide bonds. The van der Waals surface area contributed by atoms with Crippen LogP contribution in [0.3, 0.4) is 0 Å². The molecule has 0 aromatic rings. The maximum Gasteiger partial charge on any atom is 0.315 e. The van der Waals surface area contributed by atoms with E-state index in [1.165, 1.54) is 0 Å². The summed E-state index contributed by atoms with van der Waals surface area (Å²) in [5, 5.41) is 13.6. The lowest BCUT2D eigenvalue weighted by Crippen LogP contribution is -2.47. The van der Waals surface area contributed by atoms with E-state index in [-0.39, 0.29) is 18.4 Å². The molecule has 0 atom stereocenters. The van der Waals surface area contributed by atoms with Gasteiger partial charge in [-0.15, -0.1) is 0 Å². The van der Waals surface area contributed by atoms with Crippen molar-refractivity contribution in [3.63, 3.8) is 0 Å². The summed E-state index contributed by atoms with van der Waals surface area (Å²) in [6.07, 6.45) is 2.64. The molecule has 5 N–H and O–H groups in total. The third-order valence-corrected chi connectivity index (χ3v) is 2.99. The summed E-state index contributed by atoms with van der Waals surface area (Å²) in [5.41, 5.74) is 4.54. The van der Waals surface area contributed by atoms with Gasteiger partial charge in [0.05, 0.1) is 13.0 Å². The molecule has 7 heteroatoms. The molecule has 0 unspecified atom stereocenters. The molecule has 0 bridgehead atoms. The van der Waals surface area contributed by atoms with Gasteiger partial charge in [-0.1, -0.05) is 6.42 Å². The molecule has 96 valence electrons. The van der Waals surface area contributed by atoms with Gasteiger partial charge in [0.1, 0.15) is 0 Å². The van der Waals surface area contributed by atoms with E-state index in [0.29, 0.717) is 6.54 Å². The number of amides is 3. The number of carbonyl (C=O) groups excluding carboxylic acids is 2. The Morgan fingerprint density at radius 2 is 1.88 bits per heavy atom. The Labute approximate surface area is 98.7 Å². The lowest BCUT2D eigenvalue weighted by molar-refractivity contribution is -0.141. The Morgan fingerprint density at radius 1 is 1.24 bits per heavy atom. The van der Waals surface area contributed by atoms with Gasteiger partial charge < -0.3 is 21.5 Å². The summed E-state index contributed by atoms with van der Waals surface area (Å²) >= 11 is 0. The molecule has 0 heterocycles. The van der Waals surface area contributed by atoms with E-state index in [9.17, 15) is 14.4 Å². The normalized spacial score (nSPS) is 16.7. The summed E-state index contributed by atoms with van der Waals surface area (Å²) in [6.45, 7) is 0.0850. The molecule has 1 fully saturated rings. The minimum atomic E-state index is -0.857. The summed E-state index contributed by atoms with van der Waals surface area (Å²) in [5.74, 6) is -1.48. The number of hydrogen-bond donors (Lipinski definition) is 4. The smallest absolute Gasteiger partial charge is 0.315 e. The molecular weight excluding hydrogens is 226 g/mol. The third kappa shape index (κ3) is 4.29. The number of urea groups is 1. The van der Waals surface area contributed by atoms with Gasteiger partial charge in [-0.2, -0.15) is 0 Å². The monoisotopic (exact) mass is 243 g/mol. The van der Waals surface area contributed by atoms with Crippen molar-refractivity contribution in [1.29, 1.82) is 0 Å². The van der Waals surface area contributed by atoms with E-state index in [0.717, 1.165) is 19.3 Å². The number of nitrogens with one attached hydrogen (secondary N) is 2. The van der Waals surface area contributed by atoms with Crippen LogP contribution in [-0.2, 0) is 9.59 Å². The van der Waals surface area contributed by atoms with Crippen LogP contribution in [0.25, 0.3) is 0 Å². The van der Waals surface area contributed by atoms with Crippen LogP contribution in [0.5, 0.6) is 0 Å². The van der Waals surface area contributed by atoms with E-state index in [1.54, 1.807) is 0 Å². The zero-order chi connectivity index (χ0) is 12.9. The fourth-order valence-electron chi connectivity index (χ4n) is 1.91. The largest absolute Gasteiger partial charge is 0.481 e. The first-order valence-electron chi connectivity index (χ1n) is 5.45. The minimum Gasteiger partial charge on any atom is -0.481 e. The first-order valence-corrected chi connectivity index (χ1v) is 5.45. The fraction of sp³-hybridized carbons (Fsp3) is 0.700. The molecule has 1 rings (SSSR count). The van der Waals surface area contributed by atoms with Gasteiger partial charge in [0, 0.05) is 6.54 Å². The Hall–Kier alpha value is -1.79. The molecule has 1 aliphatic rings. The summed E-state index contributed by atoms with van der Waals surface area (Å²) in [6, 6.07) is -0.500. The fourth-order valence-corrected chi connectivity index (χ4v) is 1.91. The molecule has 7 nitrogen and oxygen atoms in total. The zero-order valence-electron chi connectivity index (χ0n) is 9.49. The average molecular weight is 243 g/mol. The maximum absolute atomic E-state index is 11.2. The molecule has 0 spiro atoms. The van der Waals surface area contributed by atoms with Crippen molar-refractivity contribution < 1.29 is 19.5 Å². The standard InChI is InChI=1S/C10H17N3O4/c11-7(14)5-12-9(17)13-6-10(2-1-3-10)4-8(15)16/h1-6H2,(H2,11,14)(H,15,16)(H2,12,13,17). The zero-order valence-corrected chi connectivity index (χ0v) is 9.49. The second-order valence-corrected chi connectivity index (χ2v) is 4.43. The van der Waals surface area contributed by atoms with Crippen molar-refractivity contribution in [2.45, 2.75) is 25.7 Å². The van der Waals surface area contributed by atoms with Crippen molar-refractivity contribution in [2.75, 3.05) is 13.1 Å². The number of nitrogens with two attached hydrogens (primary N) is 1. The summed E-state index contributed by atoms with van der Waals surface area (Å²) in [4.78, 5) is 32.3. The van der Waals surface area contributed by atoms with Crippen molar-refractivity contribution in [1.82, 2.24) is 10.6 Å². The second-order valence-electron chi connectivity index (χ2n) is 4.43. The second kappa shape index (κ2) is 5.51. The molecule has 0 aliphatic heterocycles. The van der Waals surface area contributed by atoms with E-state index >= 15 is 0 Å². The van der Waals surface area contributed by atoms with E-state index < -0.39 is 17.9 Å². The Bertz CT molecular complexity index is 326. The van der Waals surface area contributed by atoms with Crippen LogP contribution in [0.4, 0.5) is 4.79 Å². The Morgan fingerprint density at radius 3 is 2.29 bits per heavy atom. The molecular formula is C10H17N3O4. The van der Waals surface area contributed by atoms with Gasteiger partial charge in [0.25, 0.3) is 0 Å². The SMILES string of the molecule is NC(=O)CNC(=O)NCC1(CC(=O)O)CCC1. The van der Waals surface area contributed by atoms with Crippen LogP contribution in [0.15, 0.2) is 0 Å². The highest BCUT2D eigenvalue weighted by Gasteiger charge is 2.39. The number of carboxylic acids is 1. The summed E-state index contributed by atoms with van der Waals surface area (Å²) < 4.78 is 0. The first kappa shape index (κ1) is 13.3. The topological polar surface area (TPSA) is 122 Å². The lowest BCUT2D eigenvalue weighted by atomic mass is 9.66. The molecule has 0 aromatic heterocycles. The lowest BCUT2D eigenvalue weighted by Gasteiger charge is -2.40. The van der Waals surface area contributed by atoms with Gasteiger partial charge in [0.2, 0.25) is 5.91 Å². The highest BCUT2D eigenvalue weighted by molar-refractivity contribution is 5.82. The van der Waals surface area contributed by atoms with Gasteiger partial charge in [-0.25, -0.2) is 4.79 Å². The minimum absolute atomic E-state index is 0.0586. The number of rotatable bonds is 6. The Balaban J connectivity index is 2.30. The molecule has 0 radical (unpaired) electrons. The van der Waals surface area contributed by atoms with Crippen LogP contribution < -0.4 is 16.4 Å². The number of hydrogen-bond acceptors (Lipinski definition) is 3. The van der Waals surface area contributed by atoms with E-state index in [2.05, 4.69) is 10.6 Å².